The van der Waals surface area contributed by atoms with Crippen molar-refractivity contribution >= 4 is 0 Å². The smallest absolute Gasteiger partial charge is 0.0595 e. The lowest BCUT2D eigenvalue weighted by Gasteiger charge is -2.32. The van der Waals surface area contributed by atoms with Gasteiger partial charge >= 0.3 is 0 Å². The van der Waals surface area contributed by atoms with Gasteiger partial charge in [-0.3, -0.25) is 0 Å². The Morgan fingerprint density at radius 1 is 1.00 bits per heavy atom. The first-order valence-electron chi connectivity index (χ1n) is 7.06. The van der Waals surface area contributed by atoms with Gasteiger partial charge in [-0.15, -0.1) is 0 Å². The maximum atomic E-state index is 5.41. The lowest BCUT2D eigenvalue weighted by molar-refractivity contribution is 0.0384. The quantitative estimate of drug-likeness (QED) is 0.771. The van der Waals surface area contributed by atoms with Crippen LogP contribution in [0.5, 0.6) is 0 Å². The molecule has 1 N–H and O–H groups in total. The van der Waals surface area contributed by atoms with Crippen molar-refractivity contribution < 1.29 is 4.74 Å². The first kappa shape index (κ1) is 13.3. The second-order valence-corrected chi connectivity index (χ2v) is 5.22. The predicted octanol–water partition coefficient (Wildman–Crippen LogP) is 0.393. The van der Waals surface area contributed by atoms with Gasteiger partial charge in [0.15, 0.2) is 0 Å². The lowest BCUT2D eigenvalue weighted by atomic mass is 10.1. The van der Waals surface area contributed by atoms with Gasteiger partial charge in [0.2, 0.25) is 0 Å². The Morgan fingerprint density at radius 2 is 1.71 bits per heavy atom. The van der Waals surface area contributed by atoms with E-state index in [0.717, 1.165) is 6.54 Å². The number of hydrogen-bond acceptors (Lipinski definition) is 4. The maximum absolute atomic E-state index is 5.41. The Labute approximate surface area is 105 Å². The monoisotopic (exact) mass is 241 g/mol. The summed E-state index contributed by atoms with van der Waals surface area (Å²) in [6.07, 6.45) is 4.22. The van der Waals surface area contributed by atoms with Crippen LogP contribution < -0.4 is 5.32 Å². The van der Waals surface area contributed by atoms with Crippen LogP contribution in [-0.4, -0.2) is 75.4 Å². The molecule has 100 valence electrons. The van der Waals surface area contributed by atoms with E-state index in [1.807, 2.05) is 7.11 Å². The van der Waals surface area contributed by atoms with E-state index in [1.165, 1.54) is 65.1 Å². The van der Waals surface area contributed by atoms with Crippen molar-refractivity contribution in [3.8, 4) is 0 Å². The van der Waals surface area contributed by atoms with E-state index in [4.69, 9.17) is 4.74 Å². The van der Waals surface area contributed by atoms with Crippen LogP contribution in [0.25, 0.3) is 0 Å². The Morgan fingerprint density at radius 3 is 2.41 bits per heavy atom. The van der Waals surface area contributed by atoms with Gasteiger partial charge in [-0.1, -0.05) is 0 Å². The molecule has 4 nitrogen and oxygen atoms in total. The standard InChI is InChI=1S/C13H27N3O/c1-17-13-3-8-16(9-4-13)12-11-15-7-2-5-14-6-10-15/h13-14H,2-12H2,1H3. The van der Waals surface area contributed by atoms with Gasteiger partial charge in [0.25, 0.3) is 0 Å². The van der Waals surface area contributed by atoms with Gasteiger partial charge in [-0.25, -0.2) is 0 Å². The summed E-state index contributed by atoms with van der Waals surface area (Å²) in [5, 5.41) is 3.46. The molecule has 2 aliphatic rings. The molecule has 0 aromatic carbocycles. The van der Waals surface area contributed by atoms with Crippen LogP contribution in [0.4, 0.5) is 0 Å². The number of rotatable bonds is 4. The van der Waals surface area contributed by atoms with E-state index in [9.17, 15) is 0 Å². The zero-order valence-electron chi connectivity index (χ0n) is 11.2. The van der Waals surface area contributed by atoms with E-state index in [2.05, 4.69) is 15.1 Å². The molecule has 0 atom stereocenters. The highest BCUT2D eigenvalue weighted by Gasteiger charge is 2.19. The van der Waals surface area contributed by atoms with Crippen molar-refractivity contribution in [1.29, 1.82) is 0 Å². The molecule has 2 rings (SSSR count). The summed E-state index contributed by atoms with van der Waals surface area (Å²) in [7, 11) is 1.84. The van der Waals surface area contributed by atoms with Crippen LogP contribution >= 0.6 is 0 Å². The second-order valence-electron chi connectivity index (χ2n) is 5.22. The zero-order valence-corrected chi connectivity index (χ0v) is 11.2. The van der Waals surface area contributed by atoms with Gasteiger partial charge in [0, 0.05) is 46.4 Å². The third-order valence-electron chi connectivity index (χ3n) is 4.03. The van der Waals surface area contributed by atoms with E-state index in [-0.39, 0.29) is 0 Å². The van der Waals surface area contributed by atoms with Crippen LogP contribution in [0.15, 0.2) is 0 Å². The highest BCUT2D eigenvalue weighted by molar-refractivity contribution is 4.74. The van der Waals surface area contributed by atoms with Crippen LogP contribution in [0.3, 0.4) is 0 Å². The highest BCUT2D eigenvalue weighted by Crippen LogP contribution is 2.12. The molecule has 2 heterocycles. The van der Waals surface area contributed by atoms with Crippen LogP contribution in [0.1, 0.15) is 19.3 Å². The molecule has 0 saturated carbocycles. The first-order chi connectivity index (χ1) is 8.38. The van der Waals surface area contributed by atoms with E-state index >= 15 is 0 Å². The fourth-order valence-electron chi connectivity index (χ4n) is 2.78. The molecule has 2 saturated heterocycles. The Hall–Kier alpha value is -0.160. The Balaban J connectivity index is 1.61. The van der Waals surface area contributed by atoms with Crippen LogP contribution in [0.2, 0.25) is 0 Å². The van der Waals surface area contributed by atoms with Gasteiger partial charge in [-0.2, -0.15) is 0 Å². The number of methoxy groups -OCH3 is 1. The SMILES string of the molecule is COC1CCN(CCN2CCCNCC2)CC1. The average molecular weight is 241 g/mol. The fraction of sp³-hybridized carbons (Fsp3) is 1.00. The summed E-state index contributed by atoms with van der Waals surface area (Å²) >= 11 is 0. The predicted molar refractivity (Wildman–Crippen MR) is 70.4 cm³/mol. The molecule has 0 bridgehead atoms. The van der Waals surface area contributed by atoms with Crippen molar-refractivity contribution in [2.45, 2.75) is 25.4 Å². The third kappa shape index (κ3) is 4.54. The number of nitrogens with zero attached hydrogens (tertiary/aromatic N) is 2. The molecular weight excluding hydrogens is 214 g/mol. The number of ether oxygens (including phenoxy) is 1. The van der Waals surface area contributed by atoms with E-state index < -0.39 is 0 Å². The van der Waals surface area contributed by atoms with Crippen molar-refractivity contribution in [2.24, 2.45) is 0 Å². The number of hydrogen-bond donors (Lipinski definition) is 1. The van der Waals surface area contributed by atoms with Crippen LogP contribution in [-0.2, 0) is 4.74 Å². The molecular formula is C13H27N3O. The first-order valence-corrected chi connectivity index (χ1v) is 7.06. The van der Waals surface area contributed by atoms with Crippen molar-refractivity contribution in [3.05, 3.63) is 0 Å². The third-order valence-corrected chi connectivity index (χ3v) is 4.03. The molecule has 4 heteroatoms. The van der Waals surface area contributed by atoms with Gasteiger partial charge < -0.3 is 19.9 Å². The van der Waals surface area contributed by atoms with E-state index in [0.29, 0.717) is 6.10 Å². The number of nitrogens with one attached hydrogen (secondary N) is 1. The lowest BCUT2D eigenvalue weighted by Crippen LogP contribution is -2.42. The molecule has 0 unspecified atom stereocenters. The largest absolute Gasteiger partial charge is 0.381 e. The molecule has 0 aromatic heterocycles. The molecule has 2 aliphatic heterocycles. The maximum Gasteiger partial charge on any atom is 0.0595 e. The molecule has 0 aromatic rings. The normalized spacial score (nSPS) is 25.9. The van der Waals surface area contributed by atoms with Crippen molar-refractivity contribution in [2.75, 3.05) is 59.5 Å². The molecule has 0 radical (unpaired) electrons. The highest BCUT2D eigenvalue weighted by atomic mass is 16.5. The zero-order chi connectivity index (χ0) is 11.9. The Kier molecular flexibility index (Phi) is 5.71. The van der Waals surface area contributed by atoms with Gasteiger partial charge in [0.1, 0.15) is 0 Å². The molecule has 17 heavy (non-hydrogen) atoms. The van der Waals surface area contributed by atoms with Crippen LogP contribution in [0, 0.1) is 0 Å². The fourth-order valence-corrected chi connectivity index (χ4v) is 2.78. The summed E-state index contributed by atoms with van der Waals surface area (Å²) < 4.78 is 5.41. The second kappa shape index (κ2) is 7.31. The summed E-state index contributed by atoms with van der Waals surface area (Å²) in [6, 6.07) is 0. The van der Waals surface area contributed by atoms with Gasteiger partial charge in [0.05, 0.1) is 6.10 Å². The van der Waals surface area contributed by atoms with E-state index in [1.54, 1.807) is 0 Å². The minimum atomic E-state index is 0.508. The summed E-state index contributed by atoms with van der Waals surface area (Å²) in [5.74, 6) is 0. The Bertz CT molecular complexity index is 197. The number of piperidine rings is 1. The molecule has 0 aliphatic carbocycles. The van der Waals surface area contributed by atoms with Crippen molar-refractivity contribution in [3.63, 3.8) is 0 Å². The minimum absolute atomic E-state index is 0.508. The number of likely N-dealkylation sites (tertiary alicyclic amines) is 1. The molecule has 0 spiro atoms. The molecule has 2 fully saturated rings. The average Bonchev–Trinajstić information content (AvgIpc) is 2.65. The van der Waals surface area contributed by atoms with Gasteiger partial charge in [-0.05, 0) is 32.4 Å². The summed E-state index contributed by atoms with van der Waals surface area (Å²) in [5.41, 5.74) is 0. The minimum Gasteiger partial charge on any atom is -0.381 e. The summed E-state index contributed by atoms with van der Waals surface area (Å²) in [4.78, 5) is 5.19. The molecule has 0 amide bonds. The topological polar surface area (TPSA) is 27.7 Å². The summed E-state index contributed by atoms with van der Waals surface area (Å²) in [6.45, 7) is 9.72. The van der Waals surface area contributed by atoms with Crippen molar-refractivity contribution in [1.82, 2.24) is 15.1 Å².